The van der Waals surface area contributed by atoms with Crippen molar-refractivity contribution in [1.82, 2.24) is 10.2 Å². The number of hydrogen-bond donors (Lipinski definition) is 2. The highest BCUT2D eigenvalue weighted by Crippen LogP contribution is 2.30. The first-order chi connectivity index (χ1) is 12.5. The van der Waals surface area contributed by atoms with E-state index >= 15 is 0 Å². The highest BCUT2D eigenvalue weighted by molar-refractivity contribution is 7.90. The fourth-order valence-electron chi connectivity index (χ4n) is 3.42. The lowest BCUT2D eigenvalue weighted by Crippen LogP contribution is -2.49. The fraction of sp³-hybridized carbons (Fsp3) is 0.278. The smallest absolute Gasteiger partial charge is 0.286 e. The van der Waals surface area contributed by atoms with E-state index in [1.54, 1.807) is 18.2 Å². The summed E-state index contributed by atoms with van der Waals surface area (Å²) in [6, 6.07) is 14.6. The van der Waals surface area contributed by atoms with Gasteiger partial charge in [-0.1, -0.05) is 41.9 Å². The molecule has 2 aliphatic rings. The summed E-state index contributed by atoms with van der Waals surface area (Å²) in [5, 5.41) is 7.25. The lowest BCUT2D eigenvalue weighted by molar-refractivity contribution is 0.186. The van der Waals surface area contributed by atoms with Crippen molar-refractivity contribution in [2.24, 2.45) is 4.40 Å². The van der Waals surface area contributed by atoms with Crippen LogP contribution >= 0.6 is 24.0 Å². The molecule has 1 fully saturated rings. The number of sulfonamides is 1. The van der Waals surface area contributed by atoms with E-state index in [4.69, 9.17) is 11.6 Å². The molecule has 0 radical (unpaired) electrons. The Kier molecular flexibility index (Phi) is 6.08. The average Bonchev–Trinajstić information content (AvgIpc) is 2.62. The zero-order chi connectivity index (χ0) is 18.1. The van der Waals surface area contributed by atoms with Crippen molar-refractivity contribution in [3.05, 3.63) is 59.1 Å². The van der Waals surface area contributed by atoms with Crippen LogP contribution in [0.25, 0.3) is 0 Å². The third-order valence-electron chi connectivity index (χ3n) is 4.65. The van der Waals surface area contributed by atoms with Crippen molar-refractivity contribution in [3.8, 4) is 0 Å². The van der Waals surface area contributed by atoms with Crippen LogP contribution in [0.15, 0.2) is 57.8 Å². The van der Waals surface area contributed by atoms with Gasteiger partial charge in [-0.15, -0.1) is 16.8 Å². The van der Waals surface area contributed by atoms with Crippen LogP contribution in [0.3, 0.4) is 0 Å². The molecule has 27 heavy (non-hydrogen) atoms. The maximum Gasteiger partial charge on any atom is 0.286 e. The minimum absolute atomic E-state index is 0. The number of nitrogens with one attached hydrogen (secondary N) is 2. The topological polar surface area (TPSA) is 73.8 Å². The number of benzene rings is 2. The number of hydrogen-bond acceptors (Lipinski definition) is 5. The summed E-state index contributed by atoms with van der Waals surface area (Å²) in [6.07, 6.45) is 0. The maximum absolute atomic E-state index is 12.5. The Hall–Kier alpha value is -1.64. The summed E-state index contributed by atoms with van der Waals surface area (Å²) >= 11 is 6.38. The van der Waals surface area contributed by atoms with E-state index in [9.17, 15) is 8.42 Å². The van der Waals surface area contributed by atoms with Crippen molar-refractivity contribution >= 4 is 45.6 Å². The largest absolute Gasteiger partial charge is 0.341 e. The van der Waals surface area contributed by atoms with Crippen LogP contribution in [-0.4, -0.2) is 45.3 Å². The van der Waals surface area contributed by atoms with Crippen LogP contribution in [0.2, 0.25) is 5.02 Å². The number of rotatable bonds is 3. The molecule has 0 aliphatic carbocycles. The van der Waals surface area contributed by atoms with Gasteiger partial charge in [0.2, 0.25) is 0 Å². The van der Waals surface area contributed by atoms with Crippen molar-refractivity contribution in [3.63, 3.8) is 0 Å². The molecule has 2 aromatic carbocycles. The van der Waals surface area contributed by atoms with Gasteiger partial charge in [0.1, 0.15) is 10.7 Å². The molecule has 0 aromatic heterocycles. The van der Waals surface area contributed by atoms with E-state index in [1.165, 1.54) is 0 Å². The standard InChI is InChI=1S/C18H19ClN4O2S.ClH/c19-14-6-2-1-5-13(14)16-11-20-9-10-23(16)12-18-21-15-7-3-4-8-17(15)26(24,25)22-18;/h1-8,16,20H,9-12H2,(H,21,22);1H. The molecule has 4 rings (SSSR count). The Labute approximate surface area is 170 Å². The molecule has 144 valence electrons. The summed E-state index contributed by atoms with van der Waals surface area (Å²) in [5.41, 5.74) is 1.60. The molecule has 1 saturated heterocycles. The molecule has 0 spiro atoms. The molecule has 2 N–H and O–H groups in total. The van der Waals surface area contributed by atoms with Crippen molar-refractivity contribution in [2.75, 3.05) is 31.5 Å². The predicted molar refractivity (Wildman–Crippen MR) is 111 cm³/mol. The molecule has 1 unspecified atom stereocenters. The van der Waals surface area contributed by atoms with Gasteiger partial charge in [-0.05, 0) is 23.8 Å². The van der Waals surface area contributed by atoms with Crippen LogP contribution in [-0.2, 0) is 10.0 Å². The van der Waals surface area contributed by atoms with Crippen LogP contribution in [0.4, 0.5) is 5.69 Å². The molecule has 2 aliphatic heterocycles. The predicted octanol–water partition coefficient (Wildman–Crippen LogP) is 2.92. The monoisotopic (exact) mass is 426 g/mol. The first-order valence-electron chi connectivity index (χ1n) is 8.44. The highest BCUT2D eigenvalue weighted by Gasteiger charge is 2.30. The van der Waals surface area contributed by atoms with Gasteiger partial charge in [0, 0.05) is 30.7 Å². The number of nitrogens with zero attached hydrogens (tertiary/aromatic N) is 2. The third-order valence-corrected chi connectivity index (χ3v) is 6.36. The van der Waals surface area contributed by atoms with Crippen molar-refractivity contribution < 1.29 is 8.42 Å². The Bertz CT molecular complexity index is 965. The van der Waals surface area contributed by atoms with Crippen LogP contribution < -0.4 is 10.6 Å². The van der Waals surface area contributed by atoms with Crippen LogP contribution in [0, 0.1) is 0 Å². The molecule has 2 aromatic rings. The minimum Gasteiger partial charge on any atom is -0.341 e. The molecule has 0 bridgehead atoms. The maximum atomic E-state index is 12.5. The third kappa shape index (κ3) is 4.12. The van der Waals surface area contributed by atoms with E-state index in [-0.39, 0.29) is 23.3 Å². The van der Waals surface area contributed by atoms with Crippen molar-refractivity contribution in [1.29, 1.82) is 0 Å². The van der Waals surface area contributed by atoms with Crippen LogP contribution in [0.5, 0.6) is 0 Å². The lowest BCUT2D eigenvalue weighted by atomic mass is 10.0. The summed E-state index contributed by atoms with van der Waals surface area (Å²) in [4.78, 5) is 2.42. The van der Waals surface area contributed by atoms with E-state index in [0.29, 0.717) is 23.1 Å². The number of para-hydroxylation sites is 1. The second-order valence-electron chi connectivity index (χ2n) is 6.35. The second-order valence-corrected chi connectivity index (χ2v) is 8.33. The normalized spacial score (nSPS) is 21.4. The zero-order valence-corrected chi connectivity index (χ0v) is 16.8. The van der Waals surface area contributed by atoms with Gasteiger partial charge in [0.05, 0.1) is 12.2 Å². The molecule has 6 nitrogen and oxygen atoms in total. The second kappa shape index (κ2) is 8.16. The summed E-state index contributed by atoms with van der Waals surface area (Å²) in [5.74, 6) is 0.433. The summed E-state index contributed by atoms with van der Waals surface area (Å²) in [7, 11) is -3.68. The van der Waals surface area contributed by atoms with Crippen LogP contribution in [0.1, 0.15) is 11.6 Å². The fourth-order valence-corrected chi connectivity index (χ4v) is 4.82. The Morgan fingerprint density at radius 1 is 1.15 bits per heavy atom. The number of anilines is 1. The van der Waals surface area contributed by atoms with Crippen molar-refractivity contribution in [2.45, 2.75) is 10.9 Å². The highest BCUT2D eigenvalue weighted by atomic mass is 35.5. The summed E-state index contributed by atoms with van der Waals surface area (Å²) < 4.78 is 28.9. The van der Waals surface area contributed by atoms with E-state index < -0.39 is 10.0 Å². The van der Waals surface area contributed by atoms with Gasteiger partial charge >= 0.3 is 0 Å². The van der Waals surface area contributed by atoms with E-state index in [0.717, 1.165) is 25.2 Å². The molecule has 0 saturated carbocycles. The number of piperazine rings is 1. The van der Waals surface area contributed by atoms with Gasteiger partial charge in [-0.3, -0.25) is 4.90 Å². The van der Waals surface area contributed by atoms with E-state index in [1.807, 2.05) is 30.3 Å². The summed E-state index contributed by atoms with van der Waals surface area (Å²) in [6.45, 7) is 2.77. The number of fused-ring (bicyclic) bond motifs is 1. The molecule has 9 heteroatoms. The first-order valence-corrected chi connectivity index (χ1v) is 10.3. The van der Waals surface area contributed by atoms with Gasteiger partial charge in [-0.2, -0.15) is 8.42 Å². The quantitative estimate of drug-likeness (QED) is 0.788. The van der Waals surface area contributed by atoms with Gasteiger partial charge in [0.15, 0.2) is 0 Å². The van der Waals surface area contributed by atoms with Gasteiger partial charge < -0.3 is 10.6 Å². The number of halogens is 2. The van der Waals surface area contributed by atoms with Gasteiger partial charge in [0.25, 0.3) is 10.0 Å². The Morgan fingerprint density at radius 2 is 1.89 bits per heavy atom. The zero-order valence-electron chi connectivity index (χ0n) is 14.4. The molecular weight excluding hydrogens is 407 g/mol. The molecular formula is C18H20Cl2N4O2S. The first kappa shape index (κ1) is 20.1. The minimum atomic E-state index is -3.68. The SMILES string of the molecule is Cl.O=S1(=O)N=C(CN2CCNCC2c2ccccc2Cl)Nc2ccccc21. The number of amidine groups is 1. The van der Waals surface area contributed by atoms with Gasteiger partial charge in [-0.25, -0.2) is 0 Å². The molecule has 2 heterocycles. The lowest BCUT2D eigenvalue weighted by Gasteiger charge is -2.37. The molecule has 0 amide bonds. The Balaban J connectivity index is 0.00000210. The van der Waals surface area contributed by atoms with E-state index in [2.05, 4.69) is 19.9 Å². The average molecular weight is 427 g/mol. The Morgan fingerprint density at radius 3 is 2.70 bits per heavy atom. The molecule has 1 atom stereocenters.